The third kappa shape index (κ3) is 3.21. The van der Waals surface area contributed by atoms with Crippen LogP contribution in [0.5, 0.6) is 5.75 Å². The normalized spacial score (nSPS) is 19.9. The number of aromatic nitrogens is 2. The second kappa shape index (κ2) is 6.76. The maximum Gasteiger partial charge on any atom is 0.256 e. The highest BCUT2D eigenvalue weighted by Gasteiger charge is 2.39. The first-order valence-electron chi connectivity index (χ1n) is 10.2. The van der Waals surface area contributed by atoms with Gasteiger partial charge in [0.25, 0.3) is 5.91 Å². The Morgan fingerprint density at radius 2 is 1.89 bits per heavy atom. The fourth-order valence-corrected chi connectivity index (χ4v) is 4.24. The first-order valence-corrected chi connectivity index (χ1v) is 10.2. The highest BCUT2D eigenvalue weighted by Crippen LogP contribution is 2.36. The van der Waals surface area contributed by atoms with Crippen molar-refractivity contribution in [3.63, 3.8) is 0 Å². The number of carbonyl (C=O) groups is 1. The van der Waals surface area contributed by atoms with Gasteiger partial charge in [-0.1, -0.05) is 0 Å². The number of anilines is 1. The Labute approximate surface area is 165 Å². The predicted molar refractivity (Wildman–Crippen MR) is 107 cm³/mol. The van der Waals surface area contributed by atoms with Crippen LogP contribution in [0.2, 0.25) is 0 Å². The lowest BCUT2D eigenvalue weighted by atomic mass is 10.1. The monoisotopic (exact) mass is 378 g/mol. The molecule has 2 aromatic rings. The minimum atomic E-state index is 0.165. The van der Waals surface area contributed by atoms with E-state index in [2.05, 4.69) is 16.8 Å². The SMILES string of the molecule is Cc1ccc(OC2CCN(c3nc4c(cc3C)C(=O)N(C3CC3)C4)CC2)cn1. The van der Waals surface area contributed by atoms with E-state index in [0.29, 0.717) is 12.6 Å². The largest absolute Gasteiger partial charge is 0.489 e. The Kier molecular flexibility index (Phi) is 4.22. The van der Waals surface area contributed by atoms with Crippen LogP contribution in [-0.4, -0.2) is 46.0 Å². The third-order valence-electron chi connectivity index (χ3n) is 5.99. The van der Waals surface area contributed by atoms with E-state index in [1.54, 1.807) is 6.20 Å². The molecule has 1 amide bonds. The minimum absolute atomic E-state index is 0.165. The highest BCUT2D eigenvalue weighted by molar-refractivity contribution is 5.98. The van der Waals surface area contributed by atoms with Crippen LogP contribution in [0.25, 0.3) is 0 Å². The van der Waals surface area contributed by atoms with Gasteiger partial charge in [-0.3, -0.25) is 9.78 Å². The van der Waals surface area contributed by atoms with Gasteiger partial charge in [0.15, 0.2) is 0 Å². The molecule has 28 heavy (non-hydrogen) atoms. The van der Waals surface area contributed by atoms with Gasteiger partial charge in [-0.25, -0.2) is 4.98 Å². The molecular formula is C22H26N4O2. The van der Waals surface area contributed by atoms with E-state index < -0.39 is 0 Å². The average Bonchev–Trinajstić information content (AvgIpc) is 3.49. The van der Waals surface area contributed by atoms with Gasteiger partial charge >= 0.3 is 0 Å². The molecule has 1 saturated heterocycles. The summed E-state index contributed by atoms with van der Waals surface area (Å²) in [5.74, 6) is 2.03. The summed E-state index contributed by atoms with van der Waals surface area (Å²) >= 11 is 0. The van der Waals surface area contributed by atoms with Crippen molar-refractivity contribution >= 4 is 11.7 Å². The van der Waals surface area contributed by atoms with Crippen molar-refractivity contribution in [2.75, 3.05) is 18.0 Å². The zero-order valence-electron chi connectivity index (χ0n) is 16.5. The summed E-state index contributed by atoms with van der Waals surface area (Å²) in [7, 11) is 0. The lowest BCUT2D eigenvalue weighted by Crippen LogP contribution is -2.39. The van der Waals surface area contributed by atoms with E-state index in [0.717, 1.165) is 72.9 Å². The average molecular weight is 378 g/mol. The molecule has 0 atom stereocenters. The Morgan fingerprint density at radius 1 is 1.11 bits per heavy atom. The highest BCUT2D eigenvalue weighted by atomic mass is 16.5. The van der Waals surface area contributed by atoms with Gasteiger partial charge in [-0.15, -0.1) is 0 Å². The van der Waals surface area contributed by atoms with Crippen molar-refractivity contribution in [1.29, 1.82) is 0 Å². The van der Waals surface area contributed by atoms with Crippen molar-refractivity contribution in [2.24, 2.45) is 0 Å². The molecule has 3 aliphatic rings. The molecule has 2 aliphatic heterocycles. The van der Waals surface area contributed by atoms with Crippen molar-refractivity contribution in [3.8, 4) is 5.75 Å². The molecule has 146 valence electrons. The number of aryl methyl sites for hydroxylation is 2. The van der Waals surface area contributed by atoms with Crippen molar-refractivity contribution in [2.45, 2.75) is 58.2 Å². The Hall–Kier alpha value is -2.63. The summed E-state index contributed by atoms with van der Waals surface area (Å²) in [6.07, 6.45) is 6.20. The number of hydrogen-bond acceptors (Lipinski definition) is 5. The molecule has 1 saturated carbocycles. The van der Waals surface area contributed by atoms with Crippen LogP contribution in [0.1, 0.15) is 53.0 Å². The van der Waals surface area contributed by atoms with Crippen LogP contribution in [0, 0.1) is 13.8 Å². The summed E-state index contributed by atoms with van der Waals surface area (Å²) in [5.41, 5.74) is 3.84. The molecule has 0 aromatic carbocycles. The molecule has 4 heterocycles. The van der Waals surface area contributed by atoms with Crippen LogP contribution >= 0.6 is 0 Å². The zero-order chi connectivity index (χ0) is 19.3. The van der Waals surface area contributed by atoms with Gasteiger partial charge in [-0.05, 0) is 50.5 Å². The van der Waals surface area contributed by atoms with Gasteiger partial charge in [0.05, 0.1) is 24.0 Å². The van der Waals surface area contributed by atoms with E-state index in [1.807, 2.05) is 30.0 Å². The number of pyridine rings is 2. The quantitative estimate of drug-likeness (QED) is 0.817. The second-order valence-electron chi connectivity index (χ2n) is 8.23. The van der Waals surface area contributed by atoms with Gasteiger partial charge in [-0.2, -0.15) is 0 Å². The number of ether oxygens (including phenoxy) is 1. The molecular weight excluding hydrogens is 352 g/mol. The van der Waals surface area contributed by atoms with E-state index >= 15 is 0 Å². The van der Waals surface area contributed by atoms with Crippen molar-refractivity contribution < 1.29 is 9.53 Å². The van der Waals surface area contributed by atoms with E-state index in [4.69, 9.17) is 9.72 Å². The predicted octanol–water partition coefficient (Wildman–Crippen LogP) is 3.26. The summed E-state index contributed by atoms with van der Waals surface area (Å²) in [4.78, 5) is 26.2. The van der Waals surface area contributed by atoms with E-state index in [9.17, 15) is 4.79 Å². The fraction of sp³-hybridized carbons (Fsp3) is 0.500. The number of amides is 1. The molecule has 5 rings (SSSR count). The number of carbonyl (C=O) groups excluding carboxylic acids is 1. The summed E-state index contributed by atoms with van der Waals surface area (Å²) in [5, 5.41) is 0. The van der Waals surface area contributed by atoms with Crippen molar-refractivity contribution in [3.05, 3.63) is 46.9 Å². The van der Waals surface area contributed by atoms with Gasteiger partial charge < -0.3 is 14.5 Å². The topological polar surface area (TPSA) is 58.6 Å². The summed E-state index contributed by atoms with van der Waals surface area (Å²) in [6, 6.07) is 6.45. The number of piperidine rings is 1. The molecule has 0 unspecified atom stereocenters. The first kappa shape index (κ1) is 17.5. The molecule has 0 spiro atoms. The first-order chi connectivity index (χ1) is 13.6. The molecule has 6 nitrogen and oxygen atoms in total. The Bertz CT molecular complexity index is 899. The van der Waals surface area contributed by atoms with Crippen LogP contribution in [-0.2, 0) is 6.54 Å². The number of fused-ring (bicyclic) bond motifs is 1. The van der Waals surface area contributed by atoms with Crippen LogP contribution in [0.15, 0.2) is 24.4 Å². The van der Waals surface area contributed by atoms with Gasteiger partial charge in [0, 0.05) is 37.7 Å². The molecule has 0 N–H and O–H groups in total. The van der Waals surface area contributed by atoms with E-state index in [-0.39, 0.29) is 12.0 Å². The lowest BCUT2D eigenvalue weighted by Gasteiger charge is -2.33. The van der Waals surface area contributed by atoms with Crippen LogP contribution in [0.4, 0.5) is 5.82 Å². The number of nitrogens with zero attached hydrogens (tertiary/aromatic N) is 4. The summed E-state index contributed by atoms with van der Waals surface area (Å²) < 4.78 is 6.10. The van der Waals surface area contributed by atoms with Gasteiger partial charge in [0.1, 0.15) is 17.7 Å². The summed E-state index contributed by atoms with van der Waals surface area (Å²) in [6.45, 7) is 6.54. The Morgan fingerprint density at radius 3 is 2.57 bits per heavy atom. The number of hydrogen-bond donors (Lipinski definition) is 0. The standard InChI is InChI=1S/C22H26N4O2/c1-14-11-19-20(13-26(22(19)27)16-4-5-16)24-21(14)25-9-7-17(8-10-25)28-18-6-3-15(2)23-12-18/h3,6,11-12,16-17H,4-5,7-10,13H2,1-2H3. The molecule has 6 heteroatoms. The van der Waals surface area contributed by atoms with Gasteiger partial charge in [0.2, 0.25) is 0 Å². The number of rotatable bonds is 4. The fourth-order valence-electron chi connectivity index (χ4n) is 4.24. The van der Waals surface area contributed by atoms with E-state index in [1.165, 1.54) is 0 Å². The molecule has 2 fully saturated rings. The lowest BCUT2D eigenvalue weighted by molar-refractivity contribution is 0.0766. The Balaban J connectivity index is 1.26. The second-order valence-corrected chi connectivity index (χ2v) is 8.23. The molecule has 1 aliphatic carbocycles. The molecule has 2 aromatic heterocycles. The third-order valence-corrected chi connectivity index (χ3v) is 5.99. The smallest absolute Gasteiger partial charge is 0.256 e. The molecule has 0 radical (unpaired) electrons. The zero-order valence-corrected chi connectivity index (χ0v) is 16.5. The van der Waals surface area contributed by atoms with Crippen LogP contribution in [0.3, 0.4) is 0 Å². The van der Waals surface area contributed by atoms with Crippen LogP contribution < -0.4 is 9.64 Å². The van der Waals surface area contributed by atoms with Crippen molar-refractivity contribution in [1.82, 2.24) is 14.9 Å². The maximum atomic E-state index is 12.6. The minimum Gasteiger partial charge on any atom is -0.489 e. The maximum absolute atomic E-state index is 12.6. The molecule has 0 bridgehead atoms.